The average molecular weight is 456 g/mol. The number of rotatable bonds is 6. The Morgan fingerprint density at radius 1 is 1.23 bits per heavy atom. The summed E-state index contributed by atoms with van der Waals surface area (Å²) in [6.07, 6.45) is 0.410. The number of carbonyl (C=O) groups is 1. The van der Waals surface area contributed by atoms with Crippen molar-refractivity contribution in [3.63, 3.8) is 0 Å². The molecule has 0 aliphatic carbocycles. The van der Waals surface area contributed by atoms with Crippen molar-refractivity contribution < 1.29 is 66.0 Å². The van der Waals surface area contributed by atoms with Gasteiger partial charge in [0.25, 0.3) is 0 Å². The third-order valence-electron chi connectivity index (χ3n) is 4.97. The SMILES string of the molecule is CCC(Sc1nc2cc(OC)ccc2n1-c1ccc(C#N)c2ccccc12)C(=O)[O-].[K+]. The number of methoxy groups -OCH3 is 1. The number of aliphatic carboxylic acids is 1. The number of hydrogen-bond donors (Lipinski definition) is 0. The van der Waals surface area contributed by atoms with E-state index in [2.05, 4.69) is 6.07 Å². The minimum atomic E-state index is -1.12. The molecule has 4 rings (SSSR count). The predicted molar refractivity (Wildman–Crippen MR) is 115 cm³/mol. The van der Waals surface area contributed by atoms with Crippen LogP contribution in [0.5, 0.6) is 5.75 Å². The minimum Gasteiger partial charge on any atom is -0.549 e. The van der Waals surface area contributed by atoms with Gasteiger partial charge in [0.2, 0.25) is 0 Å². The topological polar surface area (TPSA) is 91.0 Å². The Balaban J connectivity index is 0.00000272. The molecule has 0 saturated carbocycles. The number of fused-ring (bicyclic) bond motifs is 2. The van der Waals surface area contributed by atoms with Gasteiger partial charge in [0.05, 0.1) is 46.7 Å². The Morgan fingerprint density at radius 3 is 2.61 bits per heavy atom. The van der Waals surface area contributed by atoms with Crippen LogP contribution in [0.2, 0.25) is 0 Å². The van der Waals surface area contributed by atoms with Gasteiger partial charge >= 0.3 is 51.4 Å². The third-order valence-corrected chi connectivity index (χ3v) is 6.27. The first-order chi connectivity index (χ1) is 14.6. The zero-order valence-corrected chi connectivity index (χ0v) is 21.4. The molecule has 1 unspecified atom stereocenters. The summed E-state index contributed by atoms with van der Waals surface area (Å²) in [5, 5.41) is 22.6. The first-order valence-corrected chi connectivity index (χ1v) is 10.3. The van der Waals surface area contributed by atoms with Crippen molar-refractivity contribution in [2.75, 3.05) is 7.11 Å². The van der Waals surface area contributed by atoms with E-state index >= 15 is 0 Å². The normalized spacial score (nSPS) is 11.6. The number of carboxylic acids is 1. The summed E-state index contributed by atoms with van der Waals surface area (Å²) >= 11 is 1.16. The maximum Gasteiger partial charge on any atom is 1.00 e. The second kappa shape index (κ2) is 10.2. The Morgan fingerprint density at radius 2 is 1.97 bits per heavy atom. The van der Waals surface area contributed by atoms with Gasteiger partial charge in [-0.2, -0.15) is 5.26 Å². The van der Waals surface area contributed by atoms with Gasteiger partial charge in [-0.15, -0.1) is 0 Å². The Kier molecular flexibility index (Phi) is 7.81. The van der Waals surface area contributed by atoms with Crippen molar-refractivity contribution in [2.45, 2.75) is 23.8 Å². The molecule has 0 radical (unpaired) electrons. The molecule has 0 spiro atoms. The van der Waals surface area contributed by atoms with Crippen molar-refractivity contribution >= 4 is 39.5 Å². The van der Waals surface area contributed by atoms with Crippen molar-refractivity contribution in [3.8, 4) is 17.5 Å². The van der Waals surface area contributed by atoms with Crippen molar-refractivity contribution in [1.29, 1.82) is 5.26 Å². The monoisotopic (exact) mass is 455 g/mol. The van der Waals surface area contributed by atoms with E-state index in [0.717, 1.165) is 33.7 Å². The molecule has 31 heavy (non-hydrogen) atoms. The average Bonchev–Trinajstić information content (AvgIpc) is 3.13. The standard InChI is InChI=1S/C23H19N3O3S.K/c1-3-21(22(27)28)30-23-25-18-12-15(29-2)9-11-20(18)26(23)19-10-8-14(13-24)16-6-4-5-7-17(16)19;/h4-12,21H,3H2,1-2H3,(H,27,28);/q;+1/p-1. The molecule has 150 valence electrons. The van der Waals surface area contributed by atoms with Crippen molar-refractivity contribution in [3.05, 3.63) is 60.2 Å². The summed E-state index contributed by atoms with van der Waals surface area (Å²) in [6.45, 7) is 1.81. The summed E-state index contributed by atoms with van der Waals surface area (Å²) in [4.78, 5) is 16.3. The number of ether oxygens (including phenoxy) is 1. The molecule has 0 aliphatic rings. The number of nitrogens with zero attached hydrogens (tertiary/aromatic N) is 3. The first-order valence-electron chi connectivity index (χ1n) is 9.43. The molecule has 0 aliphatic heterocycles. The van der Waals surface area contributed by atoms with E-state index in [0.29, 0.717) is 28.4 Å². The molecule has 0 bridgehead atoms. The summed E-state index contributed by atoms with van der Waals surface area (Å²) in [5.41, 5.74) is 2.92. The van der Waals surface area contributed by atoms with Gasteiger partial charge in [0.1, 0.15) is 5.75 Å². The number of carbonyl (C=O) groups excluding carboxylic acids is 1. The number of imidazole rings is 1. The fourth-order valence-electron chi connectivity index (χ4n) is 3.48. The molecule has 1 heterocycles. The van der Waals surface area contributed by atoms with Crippen molar-refractivity contribution in [1.82, 2.24) is 9.55 Å². The molecule has 0 saturated heterocycles. The Labute approximate surface area is 226 Å². The molecule has 6 nitrogen and oxygen atoms in total. The predicted octanol–water partition coefficient (Wildman–Crippen LogP) is 0.684. The molecule has 1 atom stereocenters. The van der Waals surface area contributed by atoms with E-state index in [1.165, 1.54) is 0 Å². The van der Waals surface area contributed by atoms with Gasteiger partial charge in [0, 0.05) is 16.8 Å². The zero-order valence-electron chi connectivity index (χ0n) is 17.5. The molecule has 0 N–H and O–H groups in total. The number of aromatic nitrogens is 2. The van der Waals surface area contributed by atoms with Gasteiger partial charge in [-0.3, -0.25) is 4.57 Å². The van der Waals surface area contributed by atoms with E-state index < -0.39 is 11.2 Å². The first kappa shape index (κ1) is 23.8. The van der Waals surface area contributed by atoms with Gasteiger partial charge in [0.15, 0.2) is 5.16 Å². The van der Waals surface area contributed by atoms with E-state index in [4.69, 9.17) is 9.72 Å². The number of carboxylic acid groups (broad SMARTS) is 1. The second-order valence-electron chi connectivity index (χ2n) is 6.71. The van der Waals surface area contributed by atoms with Crippen LogP contribution in [0.15, 0.2) is 59.8 Å². The van der Waals surface area contributed by atoms with Crippen LogP contribution in [0.3, 0.4) is 0 Å². The number of thioether (sulfide) groups is 1. The van der Waals surface area contributed by atoms with E-state index in [1.807, 2.05) is 53.1 Å². The van der Waals surface area contributed by atoms with Gasteiger partial charge in [-0.1, -0.05) is 43.0 Å². The van der Waals surface area contributed by atoms with Crippen LogP contribution in [0.4, 0.5) is 0 Å². The second-order valence-corrected chi connectivity index (χ2v) is 7.88. The molecule has 8 heteroatoms. The van der Waals surface area contributed by atoms with Crippen LogP contribution in [0.25, 0.3) is 27.5 Å². The van der Waals surface area contributed by atoms with E-state index in [-0.39, 0.29) is 51.4 Å². The Hall–Kier alpha value is -1.86. The largest absolute Gasteiger partial charge is 1.00 e. The summed E-state index contributed by atoms with van der Waals surface area (Å²) in [5.74, 6) is -0.455. The third kappa shape index (κ3) is 4.53. The van der Waals surface area contributed by atoms with Crippen molar-refractivity contribution in [2.24, 2.45) is 0 Å². The summed E-state index contributed by atoms with van der Waals surface area (Å²) in [6, 6.07) is 19.1. The van der Waals surface area contributed by atoms with Crippen LogP contribution in [-0.4, -0.2) is 27.9 Å². The molecule has 0 amide bonds. The molecule has 0 fully saturated rings. The van der Waals surface area contributed by atoms with Crippen LogP contribution in [0.1, 0.15) is 18.9 Å². The smallest absolute Gasteiger partial charge is 0.549 e. The summed E-state index contributed by atoms with van der Waals surface area (Å²) < 4.78 is 7.26. The fourth-order valence-corrected chi connectivity index (χ4v) is 4.45. The van der Waals surface area contributed by atoms with Gasteiger partial charge in [-0.05, 0) is 30.7 Å². The van der Waals surface area contributed by atoms with E-state index in [1.54, 1.807) is 20.1 Å². The molecule has 1 aromatic heterocycles. The molecule has 4 aromatic rings. The van der Waals surface area contributed by atoms with Crippen LogP contribution in [-0.2, 0) is 4.79 Å². The van der Waals surface area contributed by atoms with E-state index in [9.17, 15) is 15.2 Å². The van der Waals surface area contributed by atoms with Gasteiger partial charge in [-0.25, -0.2) is 4.98 Å². The number of benzene rings is 3. The van der Waals surface area contributed by atoms with Crippen LogP contribution >= 0.6 is 11.8 Å². The molecular formula is C23H18KN3O3S. The fraction of sp³-hybridized carbons (Fsp3) is 0.174. The summed E-state index contributed by atoms with van der Waals surface area (Å²) in [7, 11) is 1.59. The number of hydrogen-bond acceptors (Lipinski definition) is 6. The van der Waals surface area contributed by atoms with Crippen LogP contribution in [0, 0.1) is 11.3 Å². The molecule has 3 aromatic carbocycles. The maximum atomic E-state index is 11.6. The maximum absolute atomic E-state index is 11.6. The van der Waals surface area contributed by atoms with Crippen LogP contribution < -0.4 is 61.2 Å². The zero-order chi connectivity index (χ0) is 21.3. The number of nitriles is 1. The Bertz CT molecular complexity index is 1310. The quantitative estimate of drug-likeness (QED) is 0.314. The minimum absolute atomic E-state index is 0. The van der Waals surface area contributed by atoms with Gasteiger partial charge < -0.3 is 14.6 Å². The molecular weight excluding hydrogens is 437 g/mol.